The fourth-order valence-corrected chi connectivity index (χ4v) is 3.88. The van der Waals surface area contributed by atoms with Crippen LogP contribution in [0, 0.1) is 0 Å². The molecule has 0 aliphatic rings. The van der Waals surface area contributed by atoms with Crippen LogP contribution in [0.2, 0.25) is 0 Å². The number of nitrogens with zero attached hydrogens (tertiary/aromatic N) is 4. The number of benzene rings is 2. The Bertz CT molecular complexity index is 1510. The first kappa shape index (κ1) is 26.5. The number of hydrazine groups is 1. The lowest BCUT2D eigenvalue weighted by molar-refractivity contribution is -0.124. The van der Waals surface area contributed by atoms with Crippen molar-refractivity contribution in [2.75, 3.05) is 26.5 Å². The molecule has 2 heterocycles. The van der Waals surface area contributed by atoms with Crippen molar-refractivity contribution in [2.24, 2.45) is 0 Å². The molecule has 0 bridgehead atoms. The van der Waals surface area contributed by atoms with Gasteiger partial charge in [-0.05, 0) is 41.8 Å². The van der Waals surface area contributed by atoms with Crippen LogP contribution in [0.5, 0.6) is 0 Å². The number of pyridine rings is 1. The minimum absolute atomic E-state index is 0.0999. The van der Waals surface area contributed by atoms with Crippen molar-refractivity contribution in [3.05, 3.63) is 87.8 Å². The summed E-state index contributed by atoms with van der Waals surface area (Å²) in [6, 6.07) is 15.1. The lowest BCUT2D eigenvalue weighted by atomic mass is 10.1. The number of nitrogens with one attached hydrogen (secondary N) is 3. The van der Waals surface area contributed by atoms with Crippen molar-refractivity contribution in [3.8, 4) is 5.69 Å². The maximum Gasteiger partial charge on any atom is 0.280 e. The normalized spacial score (nSPS) is 11.0. The van der Waals surface area contributed by atoms with Gasteiger partial charge in [0.05, 0.1) is 18.9 Å². The summed E-state index contributed by atoms with van der Waals surface area (Å²) in [6.07, 6.45) is 3.97. The van der Waals surface area contributed by atoms with Crippen LogP contribution in [0.15, 0.2) is 65.7 Å². The molecule has 3 N–H and O–H groups in total. The van der Waals surface area contributed by atoms with Crippen molar-refractivity contribution in [3.63, 3.8) is 0 Å². The second kappa shape index (κ2) is 11.6. The lowest BCUT2D eigenvalue weighted by Crippen LogP contribution is -2.37. The zero-order valence-electron chi connectivity index (χ0n) is 21.6. The summed E-state index contributed by atoms with van der Waals surface area (Å²) in [6.45, 7) is 2.06. The summed E-state index contributed by atoms with van der Waals surface area (Å²) in [7, 11) is 4.81. The number of aryl methyl sites for hydroxylation is 1. The van der Waals surface area contributed by atoms with Crippen LogP contribution in [0.25, 0.3) is 16.7 Å². The van der Waals surface area contributed by atoms with E-state index in [9.17, 15) is 14.4 Å². The first-order valence-corrected chi connectivity index (χ1v) is 12.0. The first-order chi connectivity index (χ1) is 18.3. The molecule has 4 rings (SSSR count). The number of aromatic nitrogens is 3. The van der Waals surface area contributed by atoms with Gasteiger partial charge >= 0.3 is 0 Å². The quantitative estimate of drug-likeness (QED) is 0.290. The largest absolute Gasteiger partial charge is 0.324 e. The van der Waals surface area contributed by atoms with Gasteiger partial charge < -0.3 is 9.88 Å². The number of carbonyl (C=O) groups excluding carboxylic acids is 2. The molecule has 2 amide bonds. The van der Waals surface area contributed by atoms with Gasteiger partial charge in [-0.2, -0.15) is 4.98 Å². The standard InChI is InChI=1S/C27H29N7O4/c1-5-17-8-12-20(13-9-17)34-16-22(26(37)32-38-4)24(36)21-15-28-27(30-25(21)34)29-19-10-6-18(7-11-19)14-23(35)31-33(2)3/h6-13,15-16H,5,14H2,1-4H3,(H,31,35)(H,32,37)(H,28,29,30). The molecule has 0 saturated heterocycles. The number of fused-ring (bicyclic) bond motifs is 1. The van der Waals surface area contributed by atoms with E-state index in [4.69, 9.17) is 4.84 Å². The van der Waals surface area contributed by atoms with Gasteiger partial charge in [-0.1, -0.05) is 31.2 Å². The monoisotopic (exact) mass is 515 g/mol. The Labute approximate surface area is 219 Å². The Balaban J connectivity index is 1.70. The van der Waals surface area contributed by atoms with Gasteiger partial charge in [0.2, 0.25) is 17.3 Å². The Hall–Kier alpha value is -4.61. The van der Waals surface area contributed by atoms with Crippen molar-refractivity contribution in [1.82, 2.24) is 30.4 Å². The third-order valence-electron chi connectivity index (χ3n) is 5.73. The van der Waals surface area contributed by atoms with E-state index in [-0.39, 0.29) is 29.2 Å². The number of hydrogen-bond acceptors (Lipinski definition) is 8. The van der Waals surface area contributed by atoms with Crippen LogP contribution >= 0.6 is 0 Å². The molecule has 0 spiro atoms. The van der Waals surface area contributed by atoms with Crippen LogP contribution < -0.4 is 21.7 Å². The van der Waals surface area contributed by atoms with Gasteiger partial charge in [-0.25, -0.2) is 15.5 Å². The SMILES string of the molecule is CCc1ccc(-n2cc(C(=O)NOC)c(=O)c3cnc(Nc4ccc(CC(=O)NN(C)C)cc4)nc32)cc1. The molecule has 0 unspecified atom stereocenters. The van der Waals surface area contributed by atoms with Crippen LogP contribution in [-0.4, -0.2) is 52.6 Å². The molecule has 2 aromatic carbocycles. The molecule has 11 heteroatoms. The molecule has 0 aliphatic carbocycles. The summed E-state index contributed by atoms with van der Waals surface area (Å²) in [5.74, 6) is -0.514. The zero-order valence-corrected chi connectivity index (χ0v) is 21.6. The highest BCUT2D eigenvalue weighted by atomic mass is 16.6. The van der Waals surface area contributed by atoms with Gasteiger partial charge in [0.15, 0.2) is 5.65 Å². The van der Waals surface area contributed by atoms with Gasteiger partial charge in [-0.15, -0.1) is 0 Å². The molecule has 0 fully saturated rings. The number of hydrogen-bond donors (Lipinski definition) is 3. The van der Waals surface area contributed by atoms with E-state index in [2.05, 4.69) is 33.1 Å². The number of hydroxylamine groups is 1. The predicted molar refractivity (Wildman–Crippen MR) is 144 cm³/mol. The highest BCUT2D eigenvalue weighted by Gasteiger charge is 2.18. The lowest BCUT2D eigenvalue weighted by Gasteiger charge is -2.14. The zero-order chi connectivity index (χ0) is 27.2. The van der Waals surface area contributed by atoms with E-state index < -0.39 is 11.3 Å². The van der Waals surface area contributed by atoms with E-state index in [1.807, 2.05) is 48.5 Å². The second-order valence-electron chi connectivity index (χ2n) is 8.76. The van der Waals surface area contributed by atoms with Crippen molar-refractivity contribution < 1.29 is 14.4 Å². The number of carbonyl (C=O) groups is 2. The molecule has 2 aromatic heterocycles. The minimum Gasteiger partial charge on any atom is -0.324 e. The smallest absolute Gasteiger partial charge is 0.280 e. The van der Waals surface area contributed by atoms with E-state index in [1.165, 1.54) is 19.5 Å². The van der Waals surface area contributed by atoms with E-state index in [0.29, 0.717) is 11.3 Å². The molecule has 196 valence electrons. The Morgan fingerprint density at radius 1 is 1.03 bits per heavy atom. The Kier molecular flexibility index (Phi) is 8.09. The Morgan fingerprint density at radius 2 is 1.71 bits per heavy atom. The third-order valence-corrected chi connectivity index (χ3v) is 5.73. The van der Waals surface area contributed by atoms with Gasteiger partial charge in [0.25, 0.3) is 5.91 Å². The fraction of sp³-hybridized carbons (Fsp3) is 0.222. The van der Waals surface area contributed by atoms with E-state index in [0.717, 1.165) is 23.2 Å². The Morgan fingerprint density at radius 3 is 2.34 bits per heavy atom. The maximum absolute atomic E-state index is 13.1. The van der Waals surface area contributed by atoms with E-state index in [1.54, 1.807) is 23.7 Å². The summed E-state index contributed by atoms with van der Waals surface area (Å²) in [4.78, 5) is 51.3. The molecule has 0 radical (unpaired) electrons. The summed E-state index contributed by atoms with van der Waals surface area (Å²) < 4.78 is 1.68. The topological polar surface area (TPSA) is 130 Å². The highest BCUT2D eigenvalue weighted by Crippen LogP contribution is 2.20. The molecular weight excluding hydrogens is 486 g/mol. The minimum atomic E-state index is -0.667. The third kappa shape index (κ3) is 6.02. The molecule has 4 aromatic rings. The van der Waals surface area contributed by atoms with Gasteiger partial charge in [-0.3, -0.25) is 24.6 Å². The van der Waals surface area contributed by atoms with Crippen molar-refractivity contribution >= 4 is 34.5 Å². The molecular formula is C27H29N7O4. The molecule has 0 atom stereocenters. The van der Waals surface area contributed by atoms with E-state index >= 15 is 0 Å². The number of rotatable bonds is 9. The molecule has 11 nitrogen and oxygen atoms in total. The summed E-state index contributed by atoms with van der Waals surface area (Å²) in [5, 5.41) is 4.92. The average molecular weight is 516 g/mol. The number of anilines is 2. The van der Waals surface area contributed by atoms with Crippen LogP contribution in [0.4, 0.5) is 11.6 Å². The maximum atomic E-state index is 13.1. The predicted octanol–water partition coefficient (Wildman–Crippen LogP) is 2.51. The molecule has 38 heavy (non-hydrogen) atoms. The summed E-state index contributed by atoms with van der Waals surface area (Å²) >= 11 is 0. The van der Waals surface area contributed by atoms with Crippen molar-refractivity contribution in [1.29, 1.82) is 0 Å². The molecule has 0 aliphatic heterocycles. The van der Waals surface area contributed by atoms with Crippen LogP contribution in [-0.2, 0) is 22.5 Å². The van der Waals surface area contributed by atoms with Gasteiger partial charge in [0.1, 0.15) is 5.56 Å². The fourth-order valence-electron chi connectivity index (χ4n) is 3.88. The first-order valence-electron chi connectivity index (χ1n) is 12.0. The van der Waals surface area contributed by atoms with Crippen LogP contribution in [0.1, 0.15) is 28.4 Å². The highest BCUT2D eigenvalue weighted by molar-refractivity contribution is 5.96. The molecule has 0 saturated carbocycles. The van der Waals surface area contributed by atoms with Gasteiger partial charge in [0, 0.05) is 37.9 Å². The number of amides is 2. The summed E-state index contributed by atoms with van der Waals surface area (Å²) in [5.41, 5.74) is 8.06. The van der Waals surface area contributed by atoms with Crippen LogP contribution in [0.3, 0.4) is 0 Å². The second-order valence-corrected chi connectivity index (χ2v) is 8.76. The van der Waals surface area contributed by atoms with Crippen molar-refractivity contribution in [2.45, 2.75) is 19.8 Å². The average Bonchev–Trinajstić information content (AvgIpc) is 2.90.